The minimum Gasteiger partial charge on any atom is -0.374 e. The van der Waals surface area contributed by atoms with E-state index in [0.717, 1.165) is 63.5 Å². The number of hydrogen-bond donors (Lipinski definition) is 4. The molecule has 0 bridgehead atoms. The van der Waals surface area contributed by atoms with Gasteiger partial charge >= 0.3 is 29.7 Å². The molecule has 0 saturated heterocycles. The second kappa shape index (κ2) is 36.8. The van der Waals surface area contributed by atoms with Crippen molar-refractivity contribution in [2.45, 2.75) is 169 Å². The van der Waals surface area contributed by atoms with Gasteiger partial charge in [-0.05, 0) is 91.2 Å². The summed E-state index contributed by atoms with van der Waals surface area (Å²) in [5.74, 6) is 0. The first-order chi connectivity index (χ1) is 28.3. The Labute approximate surface area is 356 Å². The van der Waals surface area contributed by atoms with Gasteiger partial charge < -0.3 is 47.8 Å². The van der Waals surface area contributed by atoms with Gasteiger partial charge in [-0.1, -0.05) is 101 Å². The summed E-state index contributed by atoms with van der Waals surface area (Å²) in [6.07, 6.45) is 20.2. The molecule has 0 unspecified atom stereocenters. The largest absolute Gasteiger partial charge is 0.500 e. The number of amides is 4. The zero-order valence-corrected chi connectivity index (χ0v) is 39.8. The number of benzene rings is 1. The highest BCUT2D eigenvalue weighted by molar-refractivity contribution is 6.61. The van der Waals surface area contributed by atoms with Crippen LogP contribution in [0.15, 0.2) is 24.3 Å². The second-order valence-electron chi connectivity index (χ2n) is 14.8. The quantitative estimate of drug-likeness (QED) is 0.0379. The molecule has 14 heteroatoms. The number of urea groups is 2. The molecule has 1 aromatic carbocycles. The summed E-state index contributed by atoms with van der Waals surface area (Å²) in [5.41, 5.74) is 2.36. The van der Waals surface area contributed by atoms with Gasteiger partial charge in [-0.25, -0.2) is 9.59 Å². The molecule has 338 valence electrons. The smallest absolute Gasteiger partial charge is 0.374 e. The van der Waals surface area contributed by atoms with E-state index in [1.54, 1.807) is 0 Å². The molecule has 4 N–H and O–H groups in total. The van der Waals surface area contributed by atoms with Crippen LogP contribution in [0.5, 0.6) is 0 Å². The van der Waals surface area contributed by atoms with Crippen LogP contribution in [0, 0.1) is 0 Å². The summed E-state index contributed by atoms with van der Waals surface area (Å²) in [6.45, 7) is 18.4. The standard InChI is InChI=1S/C44H86N4O8Si2/c1-7-51-57(52-8-2,53-9-3)39-27-23-19-15-13-17-21-25-35-45-43(49)47-37-33-41-29-31-42(32-30-41)34-38-48-44(50)46-36-26-22-18-14-16-20-24-28-40-58(54-10-4,55-11-5)56-12-6/h29-32H,7-28,33-40H2,1-6H3,(H2,45,47,49)(H2,46,48,50). The molecule has 58 heavy (non-hydrogen) atoms. The monoisotopic (exact) mass is 855 g/mol. The van der Waals surface area contributed by atoms with Crippen molar-refractivity contribution in [1.82, 2.24) is 21.3 Å². The highest BCUT2D eigenvalue weighted by Crippen LogP contribution is 2.22. The van der Waals surface area contributed by atoms with Crippen LogP contribution in [0.25, 0.3) is 0 Å². The number of rotatable bonds is 40. The third-order valence-electron chi connectivity index (χ3n) is 10.00. The van der Waals surface area contributed by atoms with Crippen molar-refractivity contribution in [2.24, 2.45) is 0 Å². The van der Waals surface area contributed by atoms with Gasteiger partial charge in [0.2, 0.25) is 0 Å². The molecule has 1 aromatic rings. The van der Waals surface area contributed by atoms with Crippen LogP contribution in [0.2, 0.25) is 12.1 Å². The van der Waals surface area contributed by atoms with E-state index in [2.05, 4.69) is 45.5 Å². The Morgan fingerprint density at radius 1 is 0.379 bits per heavy atom. The van der Waals surface area contributed by atoms with E-state index in [4.69, 9.17) is 26.6 Å². The minimum atomic E-state index is -2.50. The number of carbonyl (C=O) groups excluding carboxylic acids is 2. The summed E-state index contributed by atoms with van der Waals surface area (Å²) in [4.78, 5) is 24.5. The maximum Gasteiger partial charge on any atom is 0.500 e. The lowest BCUT2D eigenvalue weighted by molar-refractivity contribution is 0.0698. The van der Waals surface area contributed by atoms with Gasteiger partial charge in [0.25, 0.3) is 0 Å². The molecule has 0 aliphatic heterocycles. The van der Waals surface area contributed by atoms with Gasteiger partial charge in [0.05, 0.1) is 0 Å². The SMILES string of the molecule is CCO[Si](CCCCCCCCCCNC(=O)NCCc1ccc(CCNC(=O)NCCCCCCCCCC[Si](OCC)(OCC)OCC)cc1)(OCC)OCC. The molecule has 1 rings (SSSR count). The van der Waals surface area contributed by atoms with E-state index in [-0.39, 0.29) is 12.1 Å². The molecular weight excluding hydrogens is 769 g/mol. The van der Waals surface area contributed by atoms with Gasteiger partial charge in [-0.3, -0.25) is 0 Å². The average Bonchev–Trinajstić information content (AvgIpc) is 3.20. The van der Waals surface area contributed by atoms with E-state index in [9.17, 15) is 9.59 Å². The van der Waals surface area contributed by atoms with Crippen molar-refractivity contribution in [1.29, 1.82) is 0 Å². The topological polar surface area (TPSA) is 138 Å². The van der Waals surface area contributed by atoms with Crippen LogP contribution in [-0.2, 0) is 39.4 Å². The molecular formula is C44H86N4O8Si2. The van der Waals surface area contributed by atoms with Gasteiger partial charge in [-0.2, -0.15) is 0 Å². The zero-order chi connectivity index (χ0) is 42.4. The van der Waals surface area contributed by atoms with Crippen LogP contribution >= 0.6 is 0 Å². The number of hydrogen-bond acceptors (Lipinski definition) is 8. The van der Waals surface area contributed by atoms with Crippen molar-refractivity contribution in [3.63, 3.8) is 0 Å². The zero-order valence-electron chi connectivity index (χ0n) is 37.8. The lowest BCUT2D eigenvalue weighted by Crippen LogP contribution is -2.45. The Kier molecular flexibility index (Phi) is 34.2. The normalized spacial score (nSPS) is 11.8. The molecule has 0 aliphatic carbocycles. The van der Waals surface area contributed by atoms with Crippen LogP contribution in [-0.4, -0.2) is 95.5 Å². The van der Waals surface area contributed by atoms with Gasteiger partial charge in [0.15, 0.2) is 0 Å². The number of unbranched alkanes of at least 4 members (excludes halogenated alkanes) is 14. The summed E-state index contributed by atoms with van der Waals surface area (Å²) in [5, 5.41) is 11.9. The van der Waals surface area contributed by atoms with Crippen LogP contribution in [0.3, 0.4) is 0 Å². The first-order valence-corrected chi connectivity index (χ1v) is 27.1. The summed E-state index contributed by atoms with van der Waals surface area (Å²) in [6, 6.07) is 10.0. The fraction of sp³-hybridized carbons (Fsp3) is 0.818. The Bertz CT molecular complexity index is 1000. The Hall–Kier alpha value is -2.05. The second-order valence-corrected chi connectivity index (χ2v) is 20.3. The van der Waals surface area contributed by atoms with Crippen molar-refractivity contribution >= 4 is 29.7 Å². The van der Waals surface area contributed by atoms with Crippen molar-refractivity contribution < 1.29 is 36.1 Å². The number of carbonyl (C=O) groups is 2. The van der Waals surface area contributed by atoms with E-state index in [1.807, 2.05) is 41.5 Å². The third-order valence-corrected chi connectivity index (χ3v) is 16.3. The van der Waals surface area contributed by atoms with Gasteiger partial charge in [0.1, 0.15) is 0 Å². The van der Waals surface area contributed by atoms with E-state index < -0.39 is 17.6 Å². The molecule has 0 aromatic heterocycles. The van der Waals surface area contributed by atoms with Crippen molar-refractivity contribution in [3.05, 3.63) is 35.4 Å². The fourth-order valence-electron chi connectivity index (χ4n) is 7.10. The predicted octanol–water partition coefficient (Wildman–Crippen LogP) is 9.71. The van der Waals surface area contributed by atoms with Crippen LogP contribution in [0.4, 0.5) is 9.59 Å². The van der Waals surface area contributed by atoms with Crippen LogP contribution in [0.1, 0.15) is 155 Å². The molecule has 0 fully saturated rings. The van der Waals surface area contributed by atoms with Crippen LogP contribution < -0.4 is 21.3 Å². The lowest BCUT2D eigenvalue weighted by atomic mass is 10.1. The van der Waals surface area contributed by atoms with E-state index >= 15 is 0 Å². The molecule has 0 atom stereocenters. The Morgan fingerprint density at radius 2 is 0.621 bits per heavy atom. The Morgan fingerprint density at radius 3 is 0.897 bits per heavy atom. The summed E-state index contributed by atoms with van der Waals surface area (Å²) in [7, 11) is -5.00. The van der Waals surface area contributed by atoms with Crippen molar-refractivity contribution in [2.75, 3.05) is 65.8 Å². The highest BCUT2D eigenvalue weighted by atomic mass is 28.4. The summed E-state index contributed by atoms with van der Waals surface area (Å²) < 4.78 is 35.7. The Balaban J connectivity index is 2.00. The lowest BCUT2D eigenvalue weighted by Gasteiger charge is -2.28. The van der Waals surface area contributed by atoms with Crippen molar-refractivity contribution in [3.8, 4) is 0 Å². The minimum absolute atomic E-state index is 0.100. The molecule has 0 aliphatic rings. The molecule has 0 radical (unpaired) electrons. The number of nitrogens with one attached hydrogen (secondary N) is 4. The average molecular weight is 855 g/mol. The predicted molar refractivity (Wildman–Crippen MR) is 241 cm³/mol. The first-order valence-electron chi connectivity index (χ1n) is 23.3. The maximum atomic E-state index is 12.2. The molecule has 0 saturated carbocycles. The van der Waals surface area contributed by atoms with Gasteiger partial charge in [-0.15, -0.1) is 0 Å². The molecule has 0 heterocycles. The molecule has 4 amide bonds. The first kappa shape index (κ1) is 54.0. The fourth-order valence-corrected chi connectivity index (χ4v) is 12.5. The third kappa shape index (κ3) is 27.7. The summed E-state index contributed by atoms with van der Waals surface area (Å²) >= 11 is 0. The molecule has 0 spiro atoms. The van der Waals surface area contributed by atoms with E-state index in [0.29, 0.717) is 65.8 Å². The van der Waals surface area contributed by atoms with Gasteiger partial charge in [0, 0.05) is 77.9 Å². The molecule has 12 nitrogen and oxygen atoms in total. The maximum absolute atomic E-state index is 12.2. The van der Waals surface area contributed by atoms with E-state index in [1.165, 1.54) is 75.3 Å². The highest BCUT2D eigenvalue weighted by Gasteiger charge is 2.40.